The number of imide groups is 1. The summed E-state index contributed by atoms with van der Waals surface area (Å²) in [6.45, 7) is 12.5. The molecule has 1 aromatic rings. The molecule has 0 aromatic heterocycles. The summed E-state index contributed by atoms with van der Waals surface area (Å²) in [6, 6.07) is 10.8. The Kier molecular flexibility index (Phi) is 20.0. The van der Waals surface area contributed by atoms with Gasteiger partial charge in [0.1, 0.15) is 6.54 Å². The summed E-state index contributed by atoms with van der Waals surface area (Å²) in [6.07, 6.45) is 12.3. The maximum Gasteiger partial charge on any atom is 0.420 e. The van der Waals surface area contributed by atoms with Gasteiger partial charge < -0.3 is 24.3 Å². The average molecular weight is 685 g/mol. The number of nitrogens with one attached hydrogen (secondary N) is 1. The maximum absolute atomic E-state index is 13.3. The molecule has 0 aliphatic rings. The van der Waals surface area contributed by atoms with Crippen molar-refractivity contribution in [2.75, 3.05) is 34.5 Å². The zero-order valence-corrected chi connectivity index (χ0v) is 31.2. The maximum atomic E-state index is 13.3. The van der Waals surface area contributed by atoms with Crippen molar-refractivity contribution >= 4 is 38.0 Å². The number of carbonyl (C=O) groups is 4. The van der Waals surface area contributed by atoms with Gasteiger partial charge in [0, 0.05) is 52.8 Å². The molecule has 0 fully saturated rings. The number of hydrogen-bond acceptors (Lipinski definition) is 8. The van der Waals surface area contributed by atoms with Crippen LogP contribution in [0.5, 0.6) is 0 Å². The summed E-state index contributed by atoms with van der Waals surface area (Å²) in [7, 11) is 3.15. The van der Waals surface area contributed by atoms with Crippen LogP contribution in [-0.2, 0) is 33.3 Å². The van der Waals surface area contributed by atoms with E-state index in [2.05, 4.69) is 36.6 Å². The summed E-state index contributed by atoms with van der Waals surface area (Å²) in [5, 5.41) is 2.48. The minimum Gasteiger partial charge on any atom is -0.468 e. The van der Waals surface area contributed by atoms with Crippen molar-refractivity contribution in [3.63, 3.8) is 0 Å². The summed E-state index contributed by atoms with van der Waals surface area (Å²) in [4.78, 5) is 50.3. The Morgan fingerprint density at radius 3 is 2.27 bits per heavy atom. The smallest absolute Gasteiger partial charge is 0.420 e. The Hall–Kier alpha value is -3.80. The van der Waals surface area contributed by atoms with Crippen LogP contribution in [0.1, 0.15) is 45.6 Å². The predicted octanol–water partition coefficient (Wildman–Crippen LogP) is 6.78. The van der Waals surface area contributed by atoms with Gasteiger partial charge >= 0.3 is 12.1 Å². The Morgan fingerprint density at radius 2 is 1.67 bits per heavy atom. The molecule has 1 N–H and O–H groups in total. The van der Waals surface area contributed by atoms with E-state index in [1.807, 2.05) is 61.6 Å². The van der Waals surface area contributed by atoms with Crippen LogP contribution < -0.4 is 5.32 Å². The van der Waals surface area contributed by atoms with Gasteiger partial charge in [0.05, 0.1) is 25.9 Å². The number of rotatable bonds is 20. The molecule has 4 atom stereocenters. The number of methoxy groups -OCH3 is 3. The van der Waals surface area contributed by atoms with Gasteiger partial charge in [-0.3, -0.25) is 14.4 Å². The Morgan fingerprint density at radius 1 is 0.979 bits per heavy atom. The molecule has 0 aliphatic carbocycles. The van der Waals surface area contributed by atoms with Gasteiger partial charge in [-0.05, 0) is 36.9 Å². The van der Waals surface area contributed by atoms with Crippen LogP contribution in [0.25, 0.3) is 6.08 Å². The van der Waals surface area contributed by atoms with Crippen LogP contribution in [0.15, 0.2) is 72.5 Å². The molecule has 10 nitrogen and oxygen atoms in total. The van der Waals surface area contributed by atoms with E-state index in [1.54, 1.807) is 27.2 Å². The fourth-order valence-corrected chi connectivity index (χ4v) is 5.40. The normalized spacial score (nSPS) is 14.9. The van der Waals surface area contributed by atoms with Crippen molar-refractivity contribution in [1.82, 2.24) is 10.2 Å². The van der Waals surface area contributed by atoms with Gasteiger partial charge in [-0.1, -0.05) is 94.2 Å². The number of ether oxygens (including phenoxy) is 4. The van der Waals surface area contributed by atoms with Gasteiger partial charge in [-0.15, -0.1) is 0 Å². The Balaban J connectivity index is 2.96. The third-order valence-corrected chi connectivity index (χ3v) is 9.29. The molecule has 1 aromatic carbocycles. The van der Waals surface area contributed by atoms with E-state index in [4.69, 9.17) is 14.2 Å². The molecule has 0 spiro atoms. The lowest BCUT2D eigenvalue weighted by Crippen LogP contribution is -2.35. The monoisotopic (exact) mass is 684 g/mol. The number of esters is 1. The number of nitrogens with zero attached hydrogens (tertiary/aromatic N) is 1. The Labute approximate surface area is 288 Å². The number of benzene rings is 1. The van der Waals surface area contributed by atoms with Crippen LogP contribution in [0.4, 0.5) is 4.79 Å². The number of carbonyl (C=O) groups excluding carboxylic acids is 4. The summed E-state index contributed by atoms with van der Waals surface area (Å²) < 4.78 is 21.6. The van der Waals surface area contributed by atoms with Crippen LogP contribution in [0.3, 0.4) is 0 Å². The third-order valence-electron chi connectivity index (χ3n) is 7.59. The molecule has 0 bridgehead atoms. The van der Waals surface area contributed by atoms with Crippen molar-refractivity contribution in [2.24, 2.45) is 11.8 Å². The average Bonchev–Trinajstić information content (AvgIpc) is 3.04. The van der Waals surface area contributed by atoms with E-state index >= 15 is 0 Å². The molecule has 0 unspecified atom stereocenters. The van der Waals surface area contributed by atoms with Crippen molar-refractivity contribution in [3.8, 4) is 0 Å². The number of unbranched alkanes of at least 4 members (excludes halogenated alkanes) is 1. The molecule has 48 heavy (non-hydrogen) atoms. The van der Waals surface area contributed by atoms with Crippen molar-refractivity contribution in [1.29, 1.82) is 0 Å². The van der Waals surface area contributed by atoms with E-state index in [0.29, 0.717) is 18.4 Å². The highest BCUT2D eigenvalue weighted by molar-refractivity contribution is 6.76. The summed E-state index contributed by atoms with van der Waals surface area (Å²) in [5.74, 6) is -1.36. The summed E-state index contributed by atoms with van der Waals surface area (Å²) in [5.41, 5.74) is 1.74. The van der Waals surface area contributed by atoms with Crippen LogP contribution in [0.2, 0.25) is 25.7 Å². The molecule has 0 heterocycles. The zero-order chi connectivity index (χ0) is 36.1. The molecule has 0 radical (unpaired) electrons. The predicted molar refractivity (Wildman–Crippen MR) is 193 cm³/mol. The quantitative estimate of drug-likeness (QED) is 0.0525. The molecular weight excluding hydrogens is 628 g/mol. The minimum absolute atomic E-state index is 0.0152. The van der Waals surface area contributed by atoms with Gasteiger partial charge in [0.25, 0.3) is 5.91 Å². The topological polar surface area (TPSA) is 120 Å². The van der Waals surface area contributed by atoms with E-state index < -0.39 is 26.0 Å². The summed E-state index contributed by atoms with van der Waals surface area (Å²) >= 11 is 0. The van der Waals surface area contributed by atoms with Crippen molar-refractivity contribution in [3.05, 3.63) is 78.0 Å². The van der Waals surface area contributed by atoms with Gasteiger partial charge in [-0.2, -0.15) is 0 Å². The standard InChI is InChI=1S/C37H56N2O8Si/c1-28(19-20-29(2)36(46-6)30(3)32(44-4)22-21-31-16-12-10-13-17-31)26-34(41)39(37(43)47-24-25-48(7,8)9)23-15-11-14-18-33(40)38-27-35(42)45-5/h10,12-13,15-17,19-23,26,29-30,32,36H,11,14,18,24-25,27H2,1-9H3,(H,38,40)/b20-19+,22-21+,23-15-,28-26+/t29-,30+,32-,36-/m0/s1. The second kappa shape index (κ2) is 22.7. The highest BCUT2D eigenvalue weighted by atomic mass is 28.3. The number of amides is 3. The molecule has 0 saturated carbocycles. The van der Waals surface area contributed by atoms with E-state index in [9.17, 15) is 19.2 Å². The number of hydrogen-bond donors (Lipinski definition) is 1. The molecule has 0 saturated heterocycles. The SMILES string of the molecule is COC(=O)CNC(=O)CCC/C=C\N(C(=O)/C=C(C)/C=C/[C@H](C)[C@H](OC)[C@H](C)[C@H](/C=C/c1ccccc1)OC)C(=O)OCC[Si](C)(C)C. The first-order chi connectivity index (χ1) is 22.7. The first-order valence-electron chi connectivity index (χ1n) is 16.4. The Bertz CT molecular complexity index is 1270. The second-order valence-corrected chi connectivity index (χ2v) is 18.5. The minimum atomic E-state index is -1.46. The molecule has 11 heteroatoms. The number of allylic oxidation sites excluding steroid dienone is 3. The van der Waals surface area contributed by atoms with E-state index in [1.165, 1.54) is 19.4 Å². The molecule has 1 rings (SSSR count). The van der Waals surface area contributed by atoms with Crippen LogP contribution in [-0.4, -0.2) is 83.5 Å². The van der Waals surface area contributed by atoms with Gasteiger partial charge in [0.2, 0.25) is 5.91 Å². The zero-order valence-electron chi connectivity index (χ0n) is 30.2. The molecular formula is C37H56N2O8Si. The van der Waals surface area contributed by atoms with E-state index in [-0.39, 0.29) is 49.5 Å². The van der Waals surface area contributed by atoms with Crippen molar-refractivity contribution in [2.45, 2.75) is 77.9 Å². The lowest BCUT2D eigenvalue weighted by Gasteiger charge is -2.30. The highest BCUT2D eigenvalue weighted by Crippen LogP contribution is 2.24. The molecule has 266 valence electrons. The highest BCUT2D eigenvalue weighted by Gasteiger charge is 2.28. The van der Waals surface area contributed by atoms with Crippen LogP contribution >= 0.6 is 0 Å². The lowest BCUT2D eigenvalue weighted by molar-refractivity contribution is -0.141. The van der Waals surface area contributed by atoms with Gasteiger partial charge in [0.15, 0.2) is 0 Å². The first kappa shape index (κ1) is 42.2. The fourth-order valence-electron chi connectivity index (χ4n) is 4.69. The fraction of sp³-hybridized carbons (Fsp3) is 0.514. The second-order valence-electron chi connectivity index (χ2n) is 12.9. The lowest BCUT2D eigenvalue weighted by atomic mass is 9.88. The van der Waals surface area contributed by atoms with E-state index in [0.717, 1.165) is 16.5 Å². The first-order valence-corrected chi connectivity index (χ1v) is 20.1. The molecule has 3 amide bonds. The molecule has 0 aliphatic heterocycles. The van der Waals surface area contributed by atoms with Gasteiger partial charge in [-0.25, -0.2) is 9.69 Å². The van der Waals surface area contributed by atoms with Crippen LogP contribution in [0, 0.1) is 11.8 Å². The largest absolute Gasteiger partial charge is 0.468 e. The third kappa shape index (κ3) is 17.4. The van der Waals surface area contributed by atoms with Crippen molar-refractivity contribution < 1.29 is 38.1 Å².